The quantitative estimate of drug-likeness (QED) is 0.864. The predicted octanol–water partition coefficient (Wildman–Crippen LogP) is 0.917. The molecule has 1 atom stereocenters. The zero-order chi connectivity index (χ0) is 13.1. The molecule has 1 aromatic rings. The molecule has 2 rings (SSSR count). The summed E-state index contributed by atoms with van der Waals surface area (Å²) >= 11 is 0. The van der Waals surface area contributed by atoms with Gasteiger partial charge in [-0.25, -0.2) is 0 Å². The van der Waals surface area contributed by atoms with Crippen molar-refractivity contribution in [2.45, 2.75) is 32.7 Å². The first kappa shape index (κ1) is 13.0. The zero-order valence-electron chi connectivity index (χ0n) is 11.2. The summed E-state index contributed by atoms with van der Waals surface area (Å²) in [5.41, 5.74) is 2.18. The Morgan fingerprint density at radius 1 is 1.50 bits per heavy atom. The minimum Gasteiger partial charge on any atom is -0.334 e. The number of amides is 1. The number of hydrogen-bond acceptors (Lipinski definition) is 4. The summed E-state index contributed by atoms with van der Waals surface area (Å²) in [6.45, 7) is 5.38. The van der Waals surface area contributed by atoms with E-state index in [1.54, 1.807) is 0 Å². The Morgan fingerprint density at radius 2 is 2.28 bits per heavy atom. The topological polar surface area (TPSA) is 58.1 Å². The molecule has 1 fully saturated rings. The lowest BCUT2D eigenvalue weighted by atomic mass is 10.1. The maximum atomic E-state index is 12.5. The van der Waals surface area contributed by atoms with Crippen LogP contribution >= 0.6 is 0 Å². The van der Waals surface area contributed by atoms with Crippen molar-refractivity contribution in [3.63, 3.8) is 0 Å². The largest absolute Gasteiger partial charge is 0.334 e. The maximum absolute atomic E-state index is 12.5. The molecule has 1 aliphatic rings. The SMILES string of the molecule is CNCC1CCCN1C(=O)c1cc(C)nnc1C. The minimum atomic E-state index is 0.0863. The van der Waals surface area contributed by atoms with Crippen molar-refractivity contribution in [2.75, 3.05) is 20.1 Å². The third-order valence-electron chi connectivity index (χ3n) is 3.41. The lowest BCUT2D eigenvalue weighted by molar-refractivity contribution is 0.0735. The molecule has 98 valence electrons. The van der Waals surface area contributed by atoms with Gasteiger partial charge in [0.05, 0.1) is 17.0 Å². The highest BCUT2D eigenvalue weighted by atomic mass is 16.2. The van der Waals surface area contributed by atoms with Gasteiger partial charge in [0.2, 0.25) is 0 Å². The molecule has 0 spiro atoms. The number of nitrogens with one attached hydrogen (secondary N) is 1. The van der Waals surface area contributed by atoms with E-state index < -0.39 is 0 Å². The Bertz CT molecular complexity index is 447. The van der Waals surface area contributed by atoms with Gasteiger partial charge in [-0.3, -0.25) is 4.79 Å². The second-order valence-electron chi connectivity index (χ2n) is 4.84. The van der Waals surface area contributed by atoms with E-state index >= 15 is 0 Å². The van der Waals surface area contributed by atoms with Gasteiger partial charge in [0.25, 0.3) is 5.91 Å². The third-order valence-corrected chi connectivity index (χ3v) is 3.41. The lowest BCUT2D eigenvalue weighted by Crippen LogP contribution is -2.41. The predicted molar refractivity (Wildman–Crippen MR) is 69.5 cm³/mol. The van der Waals surface area contributed by atoms with E-state index in [0.29, 0.717) is 17.3 Å². The normalized spacial score (nSPS) is 19.3. The van der Waals surface area contributed by atoms with Crippen molar-refractivity contribution in [3.8, 4) is 0 Å². The van der Waals surface area contributed by atoms with E-state index in [1.165, 1.54) is 0 Å². The Labute approximate surface area is 108 Å². The van der Waals surface area contributed by atoms with Crippen LogP contribution in [-0.2, 0) is 0 Å². The number of hydrogen-bond donors (Lipinski definition) is 1. The fourth-order valence-electron chi connectivity index (χ4n) is 2.47. The summed E-state index contributed by atoms with van der Waals surface area (Å²) < 4.78 is 0. The molecular weight excluding hydrogens is 228 g/mol. The van der Waals surface area contributed by atoms with Crippen LogP contribution in [-0.4, -0.2) is 47.2 Å². The second kappa shape index (κ2) is 5.44. The highest BCUT2D eigenvalue weighted by molar-refractivity contribution is 5.95. The summed E-state index contributed by atoms with van der Waals surface area (Å²) in [6.07, 6.45) is 2.15. The number of carbonyl (C=O) groups is 1. The fraction of sp³-hybridized carbons (Fsp3) is 0.615. The minimum absolute atomic E-state index is 0.0863. The number of nitrogens with zero attached hydrogens (tertiary/aromatic N) is 3. The summed E-state index contributed by atoms with van der Waals surface area (Å²) in [7, 11) is 1.92. The maximum Gasteiger partial charge on any atom is 0.256 e. The molecule has 1 N–H and O–H groups in total. The highest BCUT2D eigenvalue weighted by Gasteiger charge is 2.29. The van der Waals surface area contributed by atoms with Gasteiger partial charge in [-0.15, -0.1) is 0 Å². The van der Waals surface area contributed by atoms with Crippen LogP contribution in [0.4, 0.5) is 0 Å². The van der Waals surface area contributed by atoms with Gasteiger partial charge in [-0.1, -0.05) is 0 Å². The zero-order valence-corrected chi connectivity index (χ0v) is 11.2. The Morgan fingerprint density at radius 3 is 3.00 bits per heavy atom. The number of carbonyl (C=O) groups excluding carboxylic acids is 1. The Balaban J connectivity index is 2.22. The third kappa shape index (κ3) is 2.51. The number of rotatable bonds is 3. The van der Waals surface area contributed by atoms with Crippen molar-refractivity contribution < 1.29 is 4.79 Å². The average molecular weight is 248 g/mol. The van der Waals surface area contributed by atoms with Crippen molar-refractivity contribution in [2.24, 2.45) is 0 Å². The highest BCUT2D eigenvalue weighted by Crippen LogP contribution is 2.20. The summed E-state index contributed by atoms with van der Waals surface area (Å²) in [6, 6.07) is 2.13. The van der Waals surface area contributed by atoms with Gasteiger partial charge >= 0.3 is 0 Å². The first-order valence-corrected chi connectivity index (χ1v) is 6.40. The van der Waals surface area contributed by atoms with Crippen molar-refractivity contribution in [1.29, 1.82) is 0 Å². The van der Waals surface area contributed by atoms with Gasteiger partial charge in [-0.05, 0) is 39.8 Å². The number of aromatic nitrogens is 2. The van der Waals surface area contributed by atoms with E-state index in [1.807, 2.05) is 31.9 Å². The molecule has 1 aromatic heterocycles. The molecule has 1 saturated heterocycles. The van der Waals surface area contributed by atoms with Gasteiger partial charge in [-0.2, -0.15) is 10.2 Å². The second-order valence-corrected chi connectivity index (χ2v) is 4.84. The number of likely N-dealkylation sites (N-methyl/N-ethyl adjacent to an activating group) is 1. The summed E-state index contributed by atoms with van der Waals surface area (Å²) in [5, 5.41) is 11.1. The number of likely N-dealkylation sites (tertiary alicyclic amines) is 1. The van der Waals surface area contributed by atoms with E-state index in [9.17, 15) is 4.79 Å². The molecule has 1 unspecified atom stereocenters. The van der Waals surface area contributed by atoms with Crippen LogP contribution in [0.15, 0.2) is 6.07 Å². The van der Waals surface area contributed by atoms with Gasteiger partial charge in [0, 0.05) is 19.1 Å². The van der Waals surface area contributed by atoms with Crippen LogP contribution in [0.25, 0.3) is 0 Å². The number of aryl methyl sites for hydroxylation is 2. The molecule has 0 saturated carbocycles. The van der Waals surface area contributed by atoms with E-state index in [4.69, 9.17) is 0 Å². The van der Waals surface area contributed by atoms with Crippen LogP contribution < -0.4 is 5.32 Å². The van der Waals surface area contributed by atoms with Crippen LogP contribution in [0.5, 0.6) is 0 Å². The van der Waals surface area contributed by atoms with E-state index in [0.717, 1.165) is 31.6 Å². The van der Waals surface area contributed by atoms with Gasteiger partial charge in [0.15, 0.2) is 0 Å². The monoisotopic (exact) mass is 248 g/mol. The van der Waals surface area contributed by atoms with Crippen molar-refractivity contribution in [3.05, 3.63) is 23.0 Å². The molecular formula is C13H20N4O. The van der Waals surface area contributed by atoms with Crippen molar-refractivity contribution >= 4 is 5.91 Å². The average Bonchev–Trinajstić information content (AvgIpc) is 2.80. The molecule has 5 nitrogen and oxygen atoms in total. The molecule has 0 bridgehead atoms. The summed E-state index contributed by atoms with van der Waals surface area (Å²) in [4.78, 5) is 14.5. The molecule has 2 heterocycles. The molecule has 1 aliphatic heterocycles. The lowest BCUT2D eigenvalue weighted by Gasteiger charge is -2.25. The Hall–Kier alpha value is -1.49. The van der Waals surface area contributed by atoms with E-state index in [2.05, 4.69) is 15.5 Å². The molecule has 18 heavy (non-hydrogen) atoms. The molecule has 0 radical (unpaired) electrons. The molecule has 0 aromatic carbocycles. The van der Waals surface area contributed by atoms with Gasteiger partial charge < -0.3 is 10.2 Å². The first-order valence-electron chi connectivity index (χ1n) is 6.40. The van der Waals surface area contributed by atoms with Crippen LogP contribution in [0.3, 0.4) is 0 Å². The van der Waals surface area contributed by atoms with Crippen molar-refractivity contribution in [1.82, 2.24) is 20.4 Å². The fourth-order valence-corrected chi connectivity index (χ4v) is 2.47. The van der Waals surface area contributed by atoms with E-state index in [-0.39, 0.29) is 5.91 Å². The Kier molecular flexibility index (Phi) is 3.91. The summed E-state index contributed by atoms with van der Waals surface area (Å²) in [5.74, 6) is 0.0863. The van der Waals surface area contributed by atoms with Crippen LogP contribution in [0.1, 0.15) is 34.6 Å². The molecule has 1 amide bonds. The van der Waals surface area contributed by atoms with Crippen LogP contribution in [0, 0.1) is 13.8 Å². The van der Waals surface area contributed by atoms with Gasteiger partial charge in [0.1, 0.15) is 0 Å². The standard InChI is InChI=1S/C13H20N4O/c1-9-7-12(10(2)16-15-9)13(18)17-6-4-5-11(17)8-14-3/h7,11,14H,4-6,8H2,1-3H3. The molecule has 5 heteroatoms. The van der Waals surface area contributed by atoms with Crippen LogP contribution in [0.2, 0.25) is 0 Å². The smallest absolute Gasteiger partial charge is 0.256 e. The first-order chi connectivity index (χ1) is 8.63. The molecule has 0 aliphatic carbocycles.